The van der Waals surface area contributed by atoms with Gasteiger partial charge in [0.2, 0.25) is 0 Å². The lowest BCUT2D eigenvalue weighted by molar-refractivity contribution is 0.116. The van der Waals surface area contributed by atoms with Crippen molar-refractivity contribution in [3.8, 4) is 0 Å². The Morgan fingerprint density at radius 2 is 2.00 bits per heavy atom. The SMILES string of the molecule is CNC1(C)CCN(C(C)c2cc(Br)ccc2F)CC1. The second-order valence-electron chi connectivity index (χ2n) is 5.69. The van der Waals surface area contributed by atoms with E-state index in [0.717, 1.165) is 36.0 Å². The van der Waals surface area contributed by atoms with Gasteiger partial charge < -0.3 is 5.32 Å². The second-order valence-corrected chi connectivity index (χ2v) is 6.60. The Balaban J connectivity index is 2.09. The molecule has 0 amide bonds. The Labute approximate surface area is 123 Å². The molecule has 2 rings (SSSR count). The van der Waals surface area contributed by atoms with Crippen molar-refractivity contribution in [1.29, 1.82) is 0 Å². The standard InChI is InChI=1S/C15H22BrFN2/c1-11(13-10-12(16)4-5-14(13)17)19-8-6-15(2,18-3)7-9-19/h4-5,10-11,18H,6-9H2,1-3H3. The number of piperidine rings is 1. The predicted octanol–water partition coefficient (Wildman–Crippen LogP) is 3.72. The van der Waals surface area contributed by atoms with Gasteiger partial charge in [0.15, 0.2) is 0 Å². The Bertz CT molecular complexity index is 442. The molecule has 1 aromatic carbocycles. The number of rotatable bonds is 3. The third-order valence-electron chi connectivity index (χ3n) is 4.46. The first-order chi connectivity index (χ1) is 8.95. The molecule has 4 heteroatoms. The highest BCUT2D eigenvalue weighted by Gasteiger charge is 2.31. The normalized spacial score (nSPS) is 21.3. The minimum absolute atomic E-state index is 0.113. The number of nitrogens with zero attached hydrogens (tertiary/aromatic N) is 1. The van der Waals surface area contributed by atoms with E-state index < -0.39 is 0 Å². The summed E-state index contributed by atoms with van der Waals surface area (Å²) in [5.41, 5.74) is 1.01. The molecule has 2 nitrogen and oxygen atoms in total. The van der Waals surface area contributed by atoms with Crippen molar-refractivity contribution in [2.24, 2.45) is 0 Å². The van der Waals surface area contributed by atoms with Crippen LogP contribution in [0.1, 0.15) is 38.3 Å². The highest BCUT2D eigenvalue weighted by molar-refractivity contribution is 9.10. The number of benzene rings is 1. The molecule has 1 fully saturated rings. The van der Waals surface area contributed by atoms with E-state index in [2.05, 4.69) is 40.0 Å². The van der Waals surface area contributed by atoms with Gasteiger partial charge in [-0.25, -0.2) is 4.39 Å². The van der Waals surface area contributed by atoms with Crippen molar-refractivity contribution in [3.05, 3.63) is 34.1 Å². The smallest absolute Gasteiger partial charge is 0.128 e. The molecule has 1 aromatic rings. The maximum Gasteiger partial charge on any atom is 0.128 e. The zero-order valence-corrected chi connectivity index (χ0v) is 13.4. The third-order valence-corrected chi connectivity index (χ3v) is 4.95. The lowest BCUT2D eigenvalue weighted by atomic mass is 9.88. The van der Waals surface area contributed by atoms with Crippen molar-refractivity contribution < 1.29 is 4.39 Å². The van der Waals surface area contributed by atoms with Crippen LogP contribution in [0.15, 0.2) is 22.7 Å². The molecule has 1 unspecified atom stereocenters. The molecule has 0 radical (unpaired) electrons. The van der Waals surface area contributed by atoms with E-state index in [-0.39, 0.29) is 17.4 Å². The Kier molecular flexibility index (Phi) is 4.64. The quantitative estimate of drug-likeness (QED) is 0.909. The Morgan fingerprint density at radius 3 is 2.58 bits per heavy atom. The first kappa shape index (κ1) is 14.9. The van der Waals surface area contributed by atoms with Crippen LogP contribution >= 0.6 is 15.9 Å². The molecule has 19 heavy (non-hydrogen) atoms. The highest BCUT2D eigenvalue weighted by atomic mass is 79.9. The molecule has 1 aliphatic heterocycles. The Morgan fingerprint density at radius 1 is 1.37 bits per heavy atom. The van der Waals surface area contributed by atoms with E-state index in [4.69, 9.17) is 0 Å². The molecule has 1 aliphatic rings. The van der Waals surface area contributed by atoms with E-state index in [1.165, 1.54) is 6.07 Å². The van der Waals surface area contributed by atoms with Gasteiger partial charge in [-0.15, -0.1) is 0 Å². The maximum atomic E-state index is 13.9. The summed E-state index contributed by atoms with van der Waals surface area (Å²) in [6, 6.07) is 5.31. The topological polar surface area (TPSA) is 15.3 Å². The number of likely N-dealkylation sites (tertiary alicyclic amines) is 1. The molecule has 1 heterocycles. The highest BCUT2D eigenvalue weighted by Crippen LogP contribution is 2.30. The number of halogens is 2. The zero-order valence-electron chi connectivity index (χ0n) is 11.8. The number of hydrogen-bond acceptors (Lipinski definition) is 2. The summed E-state index contributed by atoms with van der Waals surface area (Å²) in [7, 11) is 2.02. The van der Waals surface area contributed by atoms with Gasteiger partial charge in [-0.3, -0.25) is 4.90 Å². The van der Waals surface area contributed by atoms with Crippen molar-refractivity contribution in [2.75, 3.05) is 20.1 Å². The van der Waals surface area contributed by atoms with Crippen molar-refractivity contribution >= 4 is 15.9 Å². The van der Waals surface area contributed by atoms with Gasteiger partial charge in [-0.05, 0) is 51.9 Å². The monoisotopic (exact) mass is 328 g/mol. The molecule has 1 N–H and O–H groups in total. The summed E-state index contributed by atoms with van der Waals surface area (Å²) in [6.45, 7) is 6.36. The molecule has 0 aliphatic carbocycles. The summed E-state index contributed by atoms with van der Waals surface area (Å²) in [6.07, 6.45) is 2.20. The van der Waals surface area contributed by atoms with Crippen LogP contribution in [0.5, 0.6) is 0 Å². The summed E-state index contributed by atoms with van der Waals surface area (Å²) in [5, 5.41) is 3.39. The minimum atomic E-state index is -0.113. The molecule has 106 valence electrons. The molecule has 0 bridgehead atoms. The van der Waals surface area contributed by atoms with Crippen LogP contribution in [0.2, 0.25) is 0 Å². The third kappa shape index (κ3) is 3.36. The van der Waals surface area contributed by atoms with Crippen LogP contribution in [-0.4, -0.2) is 30.6 Å². The van der Waals surface area contributed by atoms with Gasteiger partial charge in [0.1, 0.15) is 5.82 Å². The molecule has 0 saturated carbocycles. The fourth-order valence-electron chi connectivity index (χ4n) is 2.69. The van der Waals surface area contributed by atoms with Gasteiger partial charge in [0.25, 0.3) is 0 Å². The average molecular weight is 329 g/mol. The van der Waals surface area contributed by atoms with Crippen LogP contribution in [0.25, 0.3) is 0 Å². The van der Waals surface area contributed by atoms with Crippen molar-refractivity contribution in [3.63, 3.8) is 0 Å². The fraction of sp³-hybridized carbons (Fsp3) is 0.600. The van der Waals surface area contributed by atoms with E-state index >= 15 is 0 Å². The number of nitrogens with one attached hydrogen (secondary N) is 1. The molecule has 0 aromatic heterocycles. The van der Waals surface area contributed by atoms with E-state index in [9.17, 15) is 4.39 Å². The summed E-state index contributed by atoms with van der Waals surface area (Å²) in [5.74, 6) is -0.113. The first-order valence-electron chi connectivity index (χ1n) is 6.83. The van der Waals surface area contributed by atoms with Crippen molar-refractivity contribution in [2.45, 2.75) is 38.3 Å². The van der Waals surface area contributed by atoms with Gasteiger partial charge in [0.05, 0.1) is 0 Å². The van der Waals surface area contributed by atoms with Crippen LogP contribution in [0, 0.1) is 5.82 Å². The first-order valence-corrected chi connectivity index (χ1v) is 7.62. The van der Waals surface area contributed by atoms with Gasteiger partial charge >= 0.3 is 0 Å². The molecular weight excluding hydrogens is 307 g/mol. The van der Waals surface area contributed by atoms with Crippen LogP contribution in [0.4, 0.5) is 4.39 Å². The van der Waals surface area contributed by atoms with Crippen LogP contribution < -0.4 is 5.32 Å². The largest absolute Gasteiger partial charge is 0.314 e. The number of hydrogen-bond donors (Lipinski definition) is 1. The lowest BCUT2D eigenvalue weighted by Gasteiger charge is -2.42. The van der Waals surface area contributed by atoms with Gasteiger partial charge in [-0.1, -0.05) is 15.9 Å². The second kappa shape index (κ2) is 5.90. The molecule has 0 spiro atoms. The Hall–Kier alpha value is -0.450. The van der Waals surface area contributed by atoms with E-state index in [0.29, 0.717) is 0 Å². The van der Waals surface area contributed by atoms with Crippen molar-refractivity contribution in [1.82, 2.24) is 10.2 Å². The average Bonchev–Trinajstić information content (AvgIpc) is 2.42. The fourth-order valence-corrected chi connectivity index (χ4v) is 3.07. The maximum absolute atomic E-state index is 13.9. The van der Waals surface area contributed by atoms with E-state index in [1.54, 1.807) is 6.07 Å². The minimum Gasteiger partial charge on any atom is -0.314 e. The predicted molar refractivity (Wildman–Crippen MR) is 80.8 cm³/mol. The lowest BCUT2D eigenvalue weighted by Crippen LogP contribution is -2.50. The summed E-state index contributed by atoms with van der Waals surface area (Å²) < 4.78 is 14.9. The van der Waals surface area contributed by atoms with Gasteiger partial charge in [-0.2, -0.15) is 0 Å². The molecule has 1 atom stereocenters. The van der Waals surface area contributed by atoms with E-state index in [1.807, 2.05) is 13.1 Å². The molecular formula is C15H22BrFN2. The van der Waals surface area contributed by atoms with Crippen LogP contribution in [-0.2, 0) is 0 Å². The summed E-state index contributed by atoms with van der Waals surface area (Å²) >= 11 is 3.42. The van der Waals surface area contributed by atoms with Crippen LogP contribution in [0.3, 0.4) is 0 Å². The molecule has 1 saturated heterocycles. The van der Waals surface area contributed by atoms with Gasteiger partial charge in [0, 0.05) is 34.7 Å². The summed E-state index contributed by atoms with van der Waals surface area (Å²) in [4.78, 5) is 2.37. The zero-order chi connectivity index (χ0) is 14.0.